The van der Waals surface area contributed by atoms with E-state index in [2.05, 4.69) is 32.1 Å². The Hall–Kier alpha value is -3.47. The number of fused-ring (bicyclic) bond motifs is 2. The minimum Gasteiger partial charge on any atom is -0.493 e. The number of hydrogen-bond acceptors (Lipinski definition) is 10. The summed E-state index contributed by atoms with van der Waals surface area (Å²) in [5.74, 6) is 1.69. The van der Waals surface area contributed by atoms with Crippen molar-refractivity contribution >= 4 is 49.8 Å². The summed E-state index contributed by atoms with van der Waals surface area (Å²) in [6.45, 7) is 8.20. The van der Waals surface area contributed by atoms with E-state index in [1.54, 1.807) is 14.0 Å². The third-order valence-electron chi connectivity index (χ3n) is 6.65. The van der Waals surface area contributed by atoms with Crippen LogP contribution in [-0.4, -0.2) is 85.8 Å². The zero-order valence-electron chi connectivity index (χ0n) is 22.0. The highest BCUT2D eigenvalue weighted by molar-refractivity contribution is 7.20. The van der Waals surface area contributed by atoms with Gasteiger partial charge in [0, 0.05) is 54.6 Å². The molecule has 1 saturated heterocycles. The van der Waals surface area contributed by atoms with Crippen LogP contribution in [0.2, 0.25) is 0 Å². The van der Waals surface area contributed by atoms with E-state index in [9.17, 15) is 4.79 Å². The number of aromatic nitrogens is 2. The van der Waals surface area contributed by atoms with Crippen LogP contribution in [0.1, 0.15) is 23.0 Å². The lowest BCUT2D eigenvalue weighted by molar-refractivity contribution is 0.0532. The smallest absolute Gasteiger partial charge is 0.348 e. The van der Waals surface area contributed by atoms with Gasteiger partial charge in [-0.2, -0.15) is 0 Å². The molecule has 2 aromatic heterocycles. The van der Waals surface area contributed by atoms with Gasteiger partial charge in [0.2, 0.25) is 0 Å². The SMILES string of the molecule is CCOC(=O)c1cc2cc(Nc3ncnc4cc(OC)c(OCCCN5CCN(C)CC5)cc34)ccc2s1. The molecule has 0 radical (unpaired) electrons. The van der Waals surface area contributed by atoms with E-state index >= 15 is 0 Å². The molecule has 0 unspecified atom stereocenters. The van der Waals surface area contributed by atoms with Gasteiger partial charge in [0.25, 0.3) is 0 Å². The van der Waals surface area contributed by atoms with E-state index in [1.165, 1.54) is 17.7 Å². The first kappa shape index (κ1) is 26.1. The van der Waals surface area contributed by atoms with Crippen LogP contribution >= 0.6 is 11.3 Å². The summed E-state index contributed by atoms with van der Waals surface area (Å²) in [6.07, 6.45) is 2.47. The molecule has 0 atom stereocenters. The van der Waals surface area contributed by atoms with E-state index < -0.39 is 0 Å². The molecule has 0 spiro atoms. The first-order valence-electron chi connectivity index (χ1n) is 12.9. The Bertz CT molecular complexity index is 1420. The molecule has 2 aromatic carbocycles. The Kier molecular flexibility index (Phi) is 8.21. The molecule has 200 valence electrons. The molecule has 0 amide bonds. The first-order valence-corrected chi connectivity index (χ1v) is 13.7. The molecule has 9 nitrogen and oxygen atoms in total. The summed E-state index contributed by atoms with van der Waals surface area (Å²) in [5.41, 5.74) is 1.61. The number of carbonyl (C=O) groups excluding carboxylic acids is 1. The maximum Gasteiger partial charge on any atom is 0.348 e. The molecular weight excluding hydrogens is 502 g/mol. The Morgan fingerprint density at radius 3 is 2.71 bits per heavy atom. The maximum atomic E-state index is 12.1. The summed E-state index contributed by atoms with van der Waals surface area (Å²) in [5, 5.41) is 5.21. The lowest BCUT2D eigenvalue weighted by Crippen LogP contribution is -2.44. The molecule has 10 heteroatoms. The van der Waals surface area contributed by atoms with Crippen LogP contribution in [0.4, 0.5) is 11.5 Å². The van der Waals surface area contributed by atoms with Crippen molar-refractivity contribution in [1.82, 2.24) is 19.8 Å². The fraction of sp³-hybridized carbons (Fsp3) is 0.393. The molecule has 0 saturated carbocycles. The molecule has 3 heterocycles. The lowest BCUT2D eigenvalue weighted by Gasteiger charge is -2.32. The standard InChI is InChI=1S/C28H33N5O4S/c1-4-36-28(34)26-15-19-14-20(6-7-25(19)38-26)31-27-21-16-24(23(35-3)17-22(21)29-18-30-27)37-13-5-8-33-11-9-32(2)10-12-33/h6-7,14-18H,4-5,8-13H2,1-3H3,(H,29,30,31). The zero-order chi connectivity index (χ0) is 26.5. The van der Waals surface area contributed by atoms with Gasteiger partial charge in [-0.15, -0.1) is 11.3 Å². The monoisotopic (exact) mass is 535 g/mol. The first-order chi connectivity index (χ1) is 18.5. The van der Waals surface area contributed by atoms with E-state index in [0.29, 0.717) is 35.4 Å². The number of rotatable bonds is 10. The fourth-order valence-corrected chi connectivity index (χ4v) is 5.48. The Balaban J connectivity index is 1.32. The third kappa shape index (κ3) is 5.98. The number of carbonyl (C=O) groups is 1. The molecule has 1 aliphatic rings. The second-order valence-electron chi connectivity index (χ2n) is 9.30. The van der Waals surface area contributed by atoms with Crippen LogP contribution in [0, 0.1) is 0 Å². The van der Waals surface area contributed by atoms with Gasteiger partial charge in [0.05, 0.1) is 25.8 Å². The van der Waals surface area contributed by atoms with E-state index in [4.69, 9.17) is 14.2 Å². The molecule has 1 N–H and O–H groups in total. The van der Waals surface area contributed by atoms with Gasteiger partial charge < -0.3 is 29.3 Å². The van der Waals surface area contributed by atoms with Crippen LogP contribution in [0.3, 0.4) is 0 Å². The van der Waals surface area contributed by atoms with Crippen molar-refractivity contribution in [3.8, 4) is 11.5 Å². The average molecular weight is 536 g/mol. The van der Waals surface area contributed by atoms with Gasteiger partial charge in [0.15, 0.2) is 11.5 Å². The highest BCUT2D eigenvalue weighted by atomic mass is 32.1. The topological polar surface area (TPSA) is 89.0 Å². The van der Waals surface area contributed by atoms with Gasteiger partial charge in [-0.3, -0.25) is 0 Å². The third-order valence-corrected chi connectivity index (χ3v) is 7.74. The van der Waals surface area contributed by atoms with Gasteiger partial charge in [0.1, 0.15) is 17.0 Å². The summed E-state index contributed by atoms with van der Waals surface area (Å²) in [7, 11) is 3.81. The number of anilines is 2. The predicted molar refractivity (Wildman–Crippen MR) is 151 cm³/mol. The van der Waals surface area contributed by atoms with Crippen molar-refractivity contribution < 1.29 is 19.0 Å². The lowest BCUT2D eigenvalue weighted by atomic mass is 10.2. The van der Waals surface area contributed by atoms with E-state index in [0.717, 1.165) is 65.8 Å². The molecule has 0 bridgehead atoms. The molecule has 1 fully saturated rings. The van der Waals surface area contributed by atoms with Crippen LogP contribution < -0.4 is 14.8 Å². The number of nitrogens with zero attached hydrogens (tertiary/aromatic N) is 4. The Labute approximate surface area is 226 Å². The molecule has 38 heavy (non-hydrogen) atoms. The quantitative estimate of drug-likeness (QED) is 0.227. The number of nitrogens with one attached hydrogen (secondary N) is 1. The van der Waals surface area contributed by atoms with Crippen LogP contribution in [0.15, 0.2) is 42.7 Å². The van der Waals surface area contributed by atoms with Crippen molar-refractivity contribution in [2.24, 2.45) is 0 Å². The number of benzene rings is 2. The van der Waals surface area contributed by atoms with Crippen molar-refractivity contribution in [3.05, 3.63) is 47.6 Å². The molecule has 1 aliphatic heterocycles. The number of hydrogen-bond donors (Lipinski definition) is 1. The van der Waals surface area contributed by atoms with Crippen LogP contribution in [-0.2, 0) is 4.74 Å². The van der Waals surface area contributed by atoms with Crippen LogP contribution in [0.5, 0.6) is 11.5 Å². The second kappa shape index (κ2) is 11.9. The summed E-state index contributed by atoms with van der Waals surface area (Å²) in [6, 6.07) is 11.6. The van der Waals surface area contributed by atoms with Crippen molar-refractivity contribution in [1.29, 1.82) is 0 Å². The van der Waals surface area contributed by atoms with Gasteiger partial charge in [-0.1, -0.05) is 0 Å². The van der Waals surface area contributed by atoms with E-state index in [1.807, 2.05) is 36.4 Å². The maximum absolute atomic E-state index is 12.1. The van der Waals surface area contributed by atoms with E-state index in [-0.39, 0.29) is 5.97 Å². The highest BCUT2D eigenvalue weighted by Crippen LogP contribution is 2.36. The fourth-order valence-electron chi connectivity index (χ4n) is 4.54. The minimum absolute atomic E-state index is 0.296. The van der Waals surface area contributed by atoms with Crippen molar-refractivity contribution in [3.63, 3.8) is 0 Å². The van der Waals surface area contributed by atoms with Crippen molar-refractivity contribution in [2.75, 3.05) is 65.4 Å². The second-order valence-corrected chi connectivity index (χ2v) is 10.4. The van der Waals surface area contributed by atoms with Gasteiger partial charge >= 0.3 is 5.97 Å². The number of piperazine rings is 1. The number of esters is 1. The van der Waals surface area contributed by atoms with Crippen LogP contribution in [0.25, 0.3) is 21.0 Å². The zero-order valence-corrected chi connectivity index (χ0v) is 22.8. The Morgan fingerprint density at radius 2 is 1.92 bits per heavy atom. The number of ether oxygens (including phenoxy) is 3. The minimum atomic E-state index is -0.296. The summed E-state index contributed by atoms with van der Waals surface area (Å²) < 4.78 is 17.9. The molecular formula is C28H33N5O4S. The highest BCUT2D eigenvalue weighted by Gasteiger charge is 2.16. The predicted octanol–water partition coefficient (Wildman–Crippen LogP) is 4.79. The molecule has 0 aliphatic carbocycles. The average Bonchev–Trinajstić information content (AvgIpc) is 3.36. The van der Waals surface area contributed by atoms with Gasteiger partial charge in [-0.05, 0) is 56.1 Å². The van der Waals surface area contributed by atoms with Crippen molar-refractivity contribution in [2.45, 2.75) is 13.3 Å². The Morgan fingerprint density at radius 1 is 1.08 bits per heavy atom. The van der Waals surface area contributed by atoms with Gasteiger partial charge in [-0.25, -0.2) is 14.8 Å². The molecule has 4 aromatic rings. The number of likely N-dealkylation sites (N-methyl/N-ethyl adjacent to an activating group) is 1. The summed E-state index contributed by atoms with van der Waals surface area (Å²) >= 11 is 1.42. The molecule has 5 rings (SSSR count). The normalized spacial score (nSPS) is 14.6. The number of thiophene rings is 1. The summed E-state index contributed by atoms with van der Waals surface area (Å²) in [4.78, 5) is 26.5. The number of methoxy groups -OCH3 is 1. The largest absolute Gasteiger partial charge is 0.493 e.